The lowest BCUT2D eigenvalue weighted by molar-refractivity contribution is 0.0696. The van der Waals surface area contributed by atoms with Gasteiger partial charge in [-0.05, 0) is 30.3 Å². The van der Waals surface area contributed by atoms with Crippen LogP contribution < -0.4 is 0 Å². The molecule has 0 radical (unpaired) electrons. The second kappa shape index (κ2) is 5.14. The second-order valence-electron chi connectivity index (χ2n) is 3.46. The molecule has 0 atom stereocenters. The van der Waals surface area contributed by atoms with E-state index < -0.39 is 5.97 Å². The van der Waals surface area contributed by atoms with Crippen molar-refractivity contribution < 1.29 is 9.90 Å². The Labute approximate surface area is 118 Å². The minimum Gasteiger partial charge on any atom is -0.478 e. The minimum atomic E-state index is -1.12. The Bertz CT molecular complexity index is 629. The van der Waals surface area contributed by atoms with Gasteiger partial charge >= 0.3 is 5.97 Å². The maximum absolute atomic E-state index is 10.8. The summed E-state index contributed by atoms with van der Waals surface area (Å²) in [6.45, 7) is 0. The van der Waals surface area contributed by atoms with Crippen LogP contribution in [0.5, 0.6) is 0 Å². The van der Waals surface area contributed by atoms with Crippen molar-refractivity contribution in [3.05, 3.63) is 51.1 Å². The van der Waals surface area contributed by atoms with Crippen LogP contribution in [0.2, 0.25) is 15.2 Å². The van der Waals surface area contributed by atoms with Crippen molar-refractivity contribution in [1.82, 2.24) is 4.98 Å². The molecule has 92 valence electrons. The van der Waals surface area contributed by atoms with E-state index >= 15 is 0 Å². The highest BCUT2D eigenvalue weighted by Crippen LogP contribution is 2.30. The van der Waals surface area contributed by atoms with Gasteiger partial charge in [-0.25, -0.2) is 9.78 Å². The first-order valence-corrected chi connectivity index (χ1v) is 5.97. The van der Waals surface area contributed by atoms with Gasteiger partial charge in [0.1, 0.15) is 5.15 Å². The molecule has 2 rings (SSSR count). The van der Waals surface area contributed by atoms with Crippen molar-refractivity contribution >= 4 is 40.8 Å². The first-order chi connectivity index (χ1) is 8.49. The molecule has 0 aliphatic rings. The molecule has 18 heavy (non-hydrogen) atoms. The summed E-state index contributed by atoms with van der Waals surface area (Å²) in [5, 5.41) is 9.71. The third-order valence-corrected chi connectivity index (χ3v) is 3.12. The van der Waals surface area contributed by atoms with E-state index in [2.05, 4.69) is 4.98 Å². The van der Waals surface area contributed by atoms with Gasteiger partial charge in [-0.3, -0.25) is 0 Å². The number of halogens is 3. The van der Waals surface area contributed by atoms with Gasteiger partial charge in [0.05, 0.1) is 16.3 Å². The van der Waals surface area contributed by atoms with Crippen molar-refractivity contribution in [2.45, 2.75) is 0 Å². The molecular formula is C12H6Cl3NO2. The summed E-state index contributed by atoms with van der Waals surface area (Å²) in [5.74, 6) is -1.12. The van der Waals surface area contributed by atoms with Crippen molar-refractivity contribution in [3.8, 4) is 11.3 Å². The van der Waals surface area contributed by atoms with E-state index in [1.165, 1.54) is 6.07 Å². The van der Waals surface area contributed by atoms with Gasteiger partial charge in [0.2, 0.25) is 0 Å². The van der Waals surface area contributed by atoms with Crippen LogP contribution in [0.4, 0.5) is 0 Å². The Morgan fingerprint density at radius 2 is 1.83 bits per heavy atom. The molecular weight excluding hydrogens is 296 g/mol. The molecule has 3 nitrogen and oxygen atoms in total. The Morgan fingerprint density at radius 3 is 2.39 bits per heavy atom. The van der Waals surface area contributed by atoms with Crippen LogP contribution in [0.1, 0.15) is 10.4 Å². The number of carboxylic acid groups (broad SMARTS) is 1. The number of rotatable bonds is 2. The fraction of sp³-hybridized carbons (Fsp3) is 0. The number of aromatic carboxylic acids is 1. The van der Waals surface area contributed by atoms with E-state index in [9.17, 15) is 4.79 Å². The quantitative estimate of drug-likeness (QED) is 0.836. The lowest BCUT2D eigenvalue weighted by Crippen LogP contribution is -1.99. The summed E-state index contributed by atoms with van der Waals surface area (Å²) >= 11 is 17.6. The molecule has 2 aromatic rings. The zero-order valence-corrected chi connectivity index (χ0v) is 11.1. The molecule has 1 heterocycles. The smallest absolute Gasteiger partial charge is 0.338 e. The highest BCUT2D eigenvalue weighted by molar-refractivity contribution is 6.36. The average Bonchev–Trinajstić information content (AvgIpc) is 2.28. The molecule has 0 unspecified atom stereocenters. The first kappa shape index (κ1) is 13.1. The standard InChI is InChI=1S/C12H6Cl3NO2/c13-6-1-2-7(9(14)5-6)10-4-3-8(12(17)18)11(15)16-10/h1-5H,(H,17,18). The molecule has 0 amide bonds. The van der Waals surface area contributed by atoms with Crippen LogP contribution in [0, 0.1) is 0 Å². The number of carboxylic acids is 1. The molecule has 6 heteroatoms. The number of hydrogen-bond donors (Lipinski definition) is 1. The van der Waals surface area contributed by atoms with Crippen LogP contribution in [-0.2, 0) is 0 Å². The van der Waals surface area contributed by atoms with Crippen molar-refractivity contribution in [1.29, 1.82) is 0 Å². The average molecular weight is 303 g/mol. The highest BCUT2D eigenvalue weighted by atomic mass is 35.5. The summed E-state index contributed by atoms with van der Waals surface area (Å²) in [6, 6.07) is 7.88. The zero-order valence-electron chi connectivity index (χ0n) is 8.82. The number of carbonyl (C=O) groups is 1. The first-order valence-electron chi connectivity index (χ1n) is 4.84. The number of pyridine rings is 1. The zero-order chi connectivity index (χ0) is 13.3. The van der Waals surface area contributed by atoms with Gasteiger partial charge in [-0.2, -0.15) is 0 Å². The third-order valence-electron chi connectivity index (χ3n) is 2.29. The van der Waals surface area contributed by atoms with Crippen LogP contribution in [0.25, 0.3) is 11.3 Å². The maximum Gasteiger partial charge on any atom is 0.338 e. The van der Waals surface area contributed by atoms with E-state index in [4.69, 9.17) is 39.9 Å². The Hall–Kier alpha value is -1.29. The fourth-order valence-corrected chi connectivity index (χ4v) is 2.18. The van der Waals surface area contributed by atoms with E-state index in [1.54, 1.807) is 24.3 Å². The molecule has 0 spiro atoms. The van der Waals surface area contributed by atoms with Gasteiger partial charge in [-0.15, -0.1) is 0 Å². The molecule has 1 aromatic heterocycles. The van der Waals surface area contributed by atoms with Crippen molar-refractivity contribution in [2.75, 3.05) is 0 Å². The number of nitrogens with zero attached hydrogens (tertiary/aromatic N) is 1. The maximum atomic E-state index is 10.8. The van der Waals surface area contributed by atoms with Gasteiger partial charge in [0.25, 0.3) is 0 Å². The lowest BCUT2D eigenvalue weighted by atomic mass is 10.1. The SMILES string of the molecule is O=C(O)c1ccc(-c2ccc(Cl)cc2Cl)nc1Cl. The van der Waals surface area contributed by atoms with Gasteiger partial charge in [0.15, 0.2) is 0 Å². The summed E-state index contributed by atoms with van der Waals surface area (Å²) in [4.78, 5) is 14.8. The van der Waals surface area contributed by atoms with E-state index in [1.807, 2.05) is 0 Å². The molecule has 0 aliphatic heterocycles. The molecule has 1 aromatic carbocycles. The molecule has 0 saturated heterocycles. The van der Waals surface area contributed by atoms with Crippen molar-refractivity contribution in [3.63, 3.8) is 0 Å². The topological polar surface area (TPSA) is 50.2 Å². The summed E-state index contributed by atoms with van der Waals surface area (Å²) in [6.07, 6.45) is 0. The monoisotopic (exact) mass is 301 g/mol. The Kier molecular flexibility index (Phi) is 3.76. The van der Waals surface area contributed by atoms with Gasteiger partial charge in [-0.1, -0.05) is 34.8 Å². The number of benzene rings is 1. The second-order valence-corrected chi connectivity index (χ2v) is 4.67. The fourth-order valence-electron chi connectivity index (χ4n) is 1.44. The molecule has 0 aliphatic carbocycles. The molecule has 1 N–H and O–H groups in total. The summed E-state index contributed by atoms with van der Waals surface area (Å²) in [5.41, 5.74) is 1.08. The van der Waals surface area contributed by atoms with Crippen molar-refractivity contribution in [2.24, 2.45) is 0 Å². The molecule has 0 bridgehead atoms. The lowest BCUT2D eigenvalue weighted by Gasteiger charge is -2.06. The number of aromatic nitrogens is 1. The van der Waals surface area contributed by atoms with E-state index in [-0.39, 0.29) is 10.7 Å². The largest absolute Gasteiger partial charge is 0.478 e. The highest BCUT2D eigenvalue weighted by Gasteiger charge is 2.12. The number of hydrogen-bond acceptors (Lipinski definition) is 2. The Balaban J connectivity index is 2.52. The van der Waals surface area contributed by atoms with E-state index in [0.717, 1.165) is 0 Å². The predicted octanol–water partition coefficient (Wildman–Crippen LogP) is 4.41. The van der Waals surface area contributed by atoms with Crippen LogP contribution in [-0.4, -0.2) is 16.1 Å². The molecule has 0 fully saturated rings. The predicted molar refractivity (Wildman–Crippen MR) is 71.7 cm³/mol. The Morgan fingerprint density at radius 1 is 1.11 bits per heavy atom. The third kappa shape index (κ3) is 2.58. The summed E-state index contributed by atoms with van der Waals surface area (Å²) < 4.78 is 0. The van der Waals surface area contributed by atoms with Crippen LogP contribution >= 0.6 is 34.8 Å². The normalized spacial score (nSPS) is 10.4. The van der Waals surface area contributed by atoms with Crippen LogP contribution in [0.3, 0.4) is 0 Å². The molecule has 0 saturated carbocycles. The summed E-state index contributed by atoms with van der Waals surface area (Å²) in [7, 11) is 0. The minimum absolute atomic E-state index is 0.0505. The van der Waals surface area contributed by atoms with Gasteiger partial charge in [0, 0.05) is 10.6 Å². The van der Waals surface area contributed by atoms with E-state index in [0.29, 0.717) is 21.3 Å². The van der Waals surface area contributed by atoms with Crippen LogP contribution in [0.15, 0.2) is 30.3 Å². The van der Waals surface area contributed by atoms with Gasteiger partial charge < -0.3 is 5.11 Å².